The summed E-state index contributed by atoms with van der Waals surface area (Å²) in [5, 5.41) is 1.22. The van der Waals surface area contributed by atoms with E-state index in [9.17, 15) is 9.59 Å². The molecule has 0 bridgehead atoms. The van der Waals surface area contributed by atoms with Crippen LogP contribution >= 0.6 is 23.2 Å². The minimum Gasteiger partial charge on any atom is -0.490 e. The lowest BCUT2D eigenvalue weighted by atomic mass is 9.97. The van der Waals surface area contributed by atoms with Gasteiger partial charge in [-0.3, -0.25) is 14.5 Å². The van der Waals surface area contributed by atoms with Crippen LogP contribution < -0.4 is 19.8 Å². The molecule has 2 heterocycles. The highest BCUT2D eigenvalue weighted by Crippen LogP contribution is 2.44. The van der Waals surface area contributed by atoms with Gasteiger partial charge in [-0.1, -0.05) is 49.2 Å². The van der Waals surface area contributed by atoms with Gasteiger partial charge in [0.25, 0.3) is 5.91 Å². The van der Waals surface area contributed by atoms with Crippen LogP contribution in [-0.2, 0) is 0 Å². The summed E-state index contributed by atoms with van der Waals surface area (Å²) in [4.78, 5) is 29.3. The number of anilines is 1. The molecule has 1 unspecified atom stereocenters. The van der Waals surface area contributed by atoms with E-state index in [1.807, 2.05) is 44.2 Å². The lowest BCUT2D eigenvalue weighted by Gasteiger charge is -2.26. The Kier molecular flexibility index (Phi) is 7.61. The van der Waals surface area contributed by atoms with Crippen molar-refractivity contribution in [3.63, 3.8) is 0 Å². The van der Waals surface area contributed by atoms with Gasteiger partial charge in [-0.15, -0.1) is 0 Å². The minimum atomic E-state index is -0.783. The molecule has 5 rings (SSSR count). The molecule has 39 heavy (non-hydrogen) atoms. The molecule has 6 nitrogen and oxygen atoms in total. The zero-order valence-electron chi connectivity index (χ0n) is 22.2. The van der Waals surface area contributed by atoms with Crippen molar-refractivity contribution in [2.24, 2.45) is 5.92 Å². The monoisotopic (exact) mass is 565 g/mol. The van der Waals surface area contributed by atoms with Crippen LogP contribution in [0.3, 0.4) is 0 Å². The Hall–Kier alpha value is -3.48. The number of hydrogen-bond acceptors (Lipinski definition) is 5. The van der Waals surface area contributed by atoms with Crippen molar-refractivity contribution in [3.05, 3.63) is 97.3 Å². The Bertz CT molecular complexity index is 1630. The smallest absolute Gasteiger partial charge is 0.295 e. The predicted octanol–water partition coefficient (Wildman–Crippen LogP) is 7.98. The number of nitrogens with zero attached hydrogens (tertiary/aromatic N) is 1. The van der Waals surface area contributed by atoms with Crippen LogP contribution in [0.1, 0.15) is 60.5 Å². The van der Waals surface area contributed by atoms with Gasteiger partial charge in [0.2, 0.25) is 5.76 Å². The SMILES string of the molecule is CCOc1cc(C2c3c(oc4ccc(Cl)cc4c3=O)C(=O)N2c2ccc(C)c(Cl)c2)ccc1OCCC(C)C. The summed E-state index contributed by atoms with van der Waals surface area (Å²) < 4.78 is 18.0. The lowest BCUT2D eigenvalue weighted by molar-refractivity contribution is 0.0971. The van der Waals surface area contributed by atoms with E-state index in [4.69, 9.17) is 37.1 Å². The Balaban J connectivity index is 1.70. The first kappa shape index (κ1) is 27.1. The van der Waals surface area contributed by atoms with Gasteiger partial charge in [0.05, 0.1) is 30.2 Å². The van der Waals surface area contributed by atoms with Gasteiger partial charge in [-0.05, 0) is 79.8 Å². The number of fused-ring (bicyclic) bond motifs is 2. The molecule has 1 atom stereocenters. The molecule has 0 spiro atoms. The fourth-order valence-electron chi connectivity index (χ4n) is 4.75. The molecule has 0 radical (unpaired) electrons. The van der Waals surface area contributed by atoms with Crippen molar-refractivity contribution in [1.82, 2.24) is 0 Å². The number of benzene rings is 3. The van der Waals surface area contributed by atoms with Crippen molar-refractivity contribution >= 4 is 45.8 Å². The van der Waals surface area contributed by atoms with Crippen molar-refractivity contribution in [2.75, 3.05) is 18.1 Å². The van der Waals surface area contributed by atoms with Gasteiger partial charge in [0, 0.05) is 15.7 Å². The number of amides is 1. The van der Waals surface area contributed by atoms with Crippen LogP contribution in [0, 0.1) is 12.8 Å². The highest BCUT2D eigenvalue weighted by Gasteiger charge is 2.44. The molecule has 1 aromatic heterocycles. The Morgan fingerprint density at radius 3 is 2.49 bits per heavy atom. The fourth-order valence-corrected chi connectivity index (χ4v) is 5.09. The van der Waals surface area contributed by atoms with Crippen LogP contribution in [-0.4, -0.2) is 19.1 Å². The summed E-state index contributed by atoms with van der Waals surface area (Å²) in [6.45, 7) is 9.03. The van der Waals surface area contributed by atoms with Gasteiger partial charge in [-0.2, -0.15) is 0 Å². The molecule has 1 amide bonds. The topological polar surface area (TPSA) is 69.0 Å². The first-order chi connectivity index (χ1) is 18.7. The zero-order valence-corrected chi connectivity index (χ0v) is 23.7. The third-order valence-corrected chi connectivity index (χ3v) is 7.44. The zero-order chi connectivity index (χ0) is 27.8. The maximum Gasteiger partial charge on any atom is 0.295 e. The van der Waals surface area contributed by atoms with Gasteiger partial charge >= 0.3 is 0 Å². The summed E-state index contributed by atoms with van der Waals surface area (Å²) in [7, 11) is 0. The number of ether oxygens (including phenoxy) is 2. The molecular weight excluding hydrogens is 537 g/mol. The molecule has 0 N–H and O–H groups in total. The van der Waals surface area contributed by atoms with E-state index in [1.165, 1.54) is 0 Å². The summed E-state index contributed by atoms with van der Waals surface area (Å²) in [5.41, 5.74) is 2.31. The van der Waals surface area contributed by atoms with Gasteiger partial charge in [0.1, 0.15) is 5.58 Å². The standard InChI is InChI=1S/C31H29Cl2NO5/c1-5-37-26-14-19(7-10-25(26)38-13-12-17(2)3)28-27-29(35)22-15-20(32)8-11-24(22)39-30(27)31(36)34(28)21-9-6-18(4)23(33)16-21/h6-11,14-17,28H,5,12-13H2,1-4H3. The molecular formula is C31H29Cl2NO5. The average molecular weight is 566 g/mol. The van der Waals surface area contributed by atoms with Gasteiger partial charge < -0.3 is 13.9 Å². The van der Waals surface area contributed by atoms with E-state index in [0.29, 0.717) is 62.9 Å². The molecule has 1 aliphatic heterocycles. The number of carbonyl (C=O) groups is 1. The third kappa shape index (κ3) is 5.11. The minimum absolute atomic E-state index is 0.00765. The Morgan fingerprint density at radius 1 is 0.974 bits per heavy atom. The van der Waals surface area contributed by atoms with Crippen LogP contribution in [0.5, 0.6) is 11.5 Å². The maximum atomic E-state index is 13.9. The fraction of sp³-hybridized carbons (Fsp3) is 0.290. The highest BCUT2D eigenvalue weighted by molar-refractivity contribution is 6.32. The van der Waals surface area contributed by atoms with E-state index < -0.39 is 11.9 Å². The van der Waals surface area contributed by atoms with Crippen LogP contribution in [0.2, 0.25) is 10.0 Å². The highest BCUT2D eigenvalue weighted by atomic mass is 35.5. The number of halogens is 2. The van der Waals surface area contributed by atoms with E-state index in [0.717, 1.165) is 12.0 Å². The first-order valence-electron chi connectivity index (χ1n) is 12.9. The predicted molar refractivity (Wildman–Crippen MR) is 155 cm³/mol. The molecule has 202 valence electrons. The first-order valence-corrected chi connectivity index (χ1v) is 13.7. The average Bonchev–Trinajstić information content (AvgIpc) is 3.19. The van der Waals surface area contributed by atoms with Crippen molar-refractivity contribution in [1.29, 1.82) is 0 Å². The van der Waals surface area contributed by atoms with Crippen molar-refractivity contribution in [3.8, 4) is 11.5 Å². The van der Waals surface area contributed by atoms with Gasteiger partial charge in [-0.25, -0.2) is 0 Å². The van der Waals surface area contributed by atoms with Crippen LogP contribution in [0.25, 0.3) is 11.0 Å². The summed E-state index contributed by atoms with van der Waals surface area (Å²) in [6, 6.07) is 14.9. The quantitative estimate of drug-likeness (QED) is 0.216. The second-order valence-corrected chi connectivity index (χ2v) is 10.8. The molecule has 0 fully saturated rings. The van der Waals surface area contributed by atoms with E-state index in [2.05, 4.69) is 13.8 Å². The largest absolute Gasteiger partial charge is 0.490 e. The van der Waals surface area contributed by atoms with Crippen LogP contribution in [0.4, 0.5) is 5.69 Å². The second-order valence-electron chi connectivity index (χ2n) is 10.00. The number of hydrogen-bond donors (Lipinski definition) is 0. The number of rotatable bonds is 8. The number of aryl methyl sites for hydroxylation is 1. The molecule has 3 aromatic carbocycles. The molecule has 4 aromatic rings. The van der Waals surface area contributed by atoms with E-state index in [1.54, 1.807) is 29.2 Å². The number of carbonyl (C=O) groups excluding carboxylic acids is 1. The van der Waals surface area contributed by atoms with Crippen molar-refractivity contribution in [2.45, 2.75) is 40.2 Å². The summed E-state index contributed by atoms with van der Waals surface area (Å²) in [6.07, 6.45) is 0.899. The Morgan fingerprint density at radius 2 is 1.77 bits per heavy atom. The second kappa shape index (κ2) is 10.9. The summed E-state index contributed by atoms with van der Waals surface area (Å²) >= 11 is 12.7. The molecule has 1 aliphatic rings. The van der Waals surface area contributed by atoms with E-state index in [-0.39, 0.29) is 16.8 Å². The molecule has 0 saturated heterocycles. The summed E-state index contributed by atoms with van der Waals surface area (Å²) in [5.74, 6) is 1.20. The van der Waals surface area contributed by atoms with Crippen LogP contribution in [0.15, 0.2) is 63.8 Å². The molecule has 0 saturated carbocycles. The van der Waals surface area contributed by atoms with Gasteiger partial charge in [0.15, 0.2) is 16.9 Å². The maximum absolute atomic E-state index is 13.9. The van der Waals surface area contributed by atoms with E-state index >= 15 is 0 Å². The van der Waals surface area contributed by atoms with Crippen molar-refractivity contribution < 1.29 is 18.7 Å². The Labute approximate surface area is 237 Å². The molecule has 8 heteroatoms. The normalized spacial score (nSPS) is 14.8. The lowest BCUT2D eigenvalue weighted by Crippen LogP contribution is -2.29. The third-order valence-electron chi connectivity index (χ3n) is 6.80. The molecule has 0 aliphatic carbocycles.